The van der Waals surface area contributed by atoms with Crippen LogP contribution in [-0.2, 0) is 14.9 Å². The minimum absolute atomic E-state index is 0.0236. The van der Waals surface area contributed by atoms with Crippen LogP contribution in [0.1, 0.15) is 63.5 Å². The number of alkyl carbamates (subject to hydrolysis) is 1. The molecule has 0 bridgehead atoms. The van der Waals surface area contributed by atoms with Crippen molar-refractivity contribution in [2.45, 2.75) is 69.9 Å². The smallest absolute Gasteiger partial charge is 0.407 e. The van der Waals surface area contributed by atoms with Crippen LogP contribution in [-0.4, -0.2) is 43.1 Å². The molecule has 0 radical (unpaired) electrons. The Morgan fingerprint density at radius 1 is 1.18 bits per heavy atom. The molecule has 1 N–H and O–H groups in total. The number of nitrogens with one attached hydrogen (secondary N) is 1. The van der Waals surface area contributed by atoms with E-state index < -0.39 is 6.09 Å². The van der Waals surface area contributed by atoms with Crippen LogP contribution in [0.4, 0.5) is 9.18 Å². The summed E-state index contributed by atoms with van der Waals surface area (Å²) in [6, 6.07) is 5.70. The lowest BCUT2D eigenvalue weighted by Crippen LogP contribution is -2.53. The van der Waals surface area contributed by atoms with E-state index in [1.54, 1.807) is 6.07 Å². The highest BCUT2D eigenvalue weighted by atomic mass is 19.1. The largest absolute Gasteiger partial charge is 0.453 e. The number of hydrogen-bond acceptors (Lipinski definition) is 3. The van der Waals surface area contributed by atoms with E-state index in [1.807, 2.05) is 44.9 Å². The molecule has 1 aromatic rings. The predicted octanol–water partition coefficient (Wildman–Crippen LogP) is 3.96. The Balaban J connectivity index is 1.51. The fourth-order valence-corrected chi connectivity index (χ4v) is 4.18. The minimum atomic E-state index is -0.444. The Labute approximate surface area is 166 Å². The fourth-order valence-electron chi connectivity index (χ4n) is 4.18. The molecule has 0 unspecified atom stereocenters. The molecule has 5 nitrogen and oxygen atoms in total. The van der Waals surface area contributed by atoms with Gasteiger partial charge < -0.3 is 15.0 Å². The summed E-state index contributed by atoms with van der Waals surface area (Å²) in [5, 5.41) is 2.73. The van der Waals surface area contributed by atoms with Crippen molar-refractivity contribution in [3.63, 3.8) is 0 Å². The van der Waals surface area contributed by atoms with E-state index in [1.165, 1.54) is 7.11 Å². The Hall–Kier alpha value is -2.11. The van der Waals surface area contributed by atoms with Gasteiger partial charge in [0.05, 0.1) is 7.11 Å². The molecule has 2 saturated carbocycles. The SMILES string of the molecule is COC(=O)NC1CC(C(=O)N(C)C2CC(c3ccc(F)c(C(C)(C)C)c3)C2)C1. The summed E-state index contributed by atoms with van der Waals surface area (Å²) >= 11 is 0. The molecule has 0 saturated heterocycles. The number of halogens is 1. The highest BCUT2D eigenvalue weighted by Gasteiger charge is 2.41. The topological polar surface area (TPSA) is 58.6 Å². The Kier molecular flexibility index (Phi) is 5.69. The molecule has 2 amide bonds. The van der Waals surface area contributed by atoms with Crippen molar-refractivity contribution in [3.05, 3.63) is 35.1 Å². The first-order valence-corrected chi connectivity index (χ1v) is 10.0. The van der Waals surface area contributed by atoms with Crippen LogP contribution in [0.15, 0.2) is 18.2 Å². The fraction of sp³-hybridized carbons (Fsp3) is 0.636. The number of hydrogen-bond donors (Lipinski definition) is 1. The maximum atomic E-state index is 14.1. The van der Waals surface area contributed by atoms with Gasteiger partial charge in [0.1, 0.15) is 5.82 Å². The van der Waals surface area contributed by atoms with Crippen molar-refractivity contribution < 1.29 is 18.7 Å². The average molecular weight is 390 g/mol. The summed E-state index contributed by atoms with van der Waals surface area (Å²) in [6.07, 6.45) is 2.71. The van der Waals surface area contributed by atoms with Crippen LogP contribution in [0.3, 0.4) is 0 Å². The molecule has 0 atom stereocenters. The van der Waals surface area contributed by atoms with Gasteiger partial charge in [-0.2, -0.15) is 0 Å². The lowest BCUT2D eigenvalue weighted by molar-refractivity contribution is -0.141. The van der Waals surface area contributed by atoms with Crippen molar-refractivity contribution in [2.24, 2.45) is 5.92 Å². The van der Waals surface area contributed by atoms with E-state index in [0.29, 0.717) is 18.8 Å². The number of amides is 2. The first-order chi connectivity index (χ1) is 13.1. The minimum Gasteiger partial charge on any atom is -0.453 e. The van der Waals surface area contributed by atoms with Gasteiger partial charge in [-0.15, -0.1) is 0 Å². The van der Waals surface area contributed by atoms with Crippen LogP contribution in [0, 0.1) is 11.7 Å². The van der Waals surface area contributed by atoms with Gasteiger partial charge in [0, 0.05) is 25.0 Å². The number of carbonyl (C=O) groups excluding carboxylic acids is 2. The summed E-state index contributed by atoms with van der Waals surface area (Å²) in [6.45, 7) is 6.06. The van der Waals surface area contributed by atoms with Gasteiger partial charge in [-0.1, -0.05) is 32.9 Å². The van der Waals surface area contributed by atoms with Gasteiger partial charge in [0.25, 0.3) is 0 Å². The van der Waals surface area contributed by atoms with Crippen LogP contribution >= 0.6 is 0 Å². The first-order valence-electron chi connectivity index (χ1n) is 10.0. The normalized spacial score (nSPS) is 26.6. The predicted molar refractivity (Wildman–Crippen MR) is 106 cm³/mol. The number of rotatable bonds is 4. The maximum absolute atomic E-state index is 14.1. The van der Waals surface area contributed by atoms with Crippen molar-refractivity contribution in [1.82, 2.24) is 10.2 Å². The molecule has 154 valence electrons. The van der Waals surface area contributed by atoms with Gasteiger partial charge in [0.2, 0.25) is 5.91 Å². The van der Waals surface area contributed by atoms with E-state index in [0.717, 1.165) is 24.0 Å². The van der Waals surface area contributed by atoms with Gasteiger partial charge in [-0.3, -0.25) is 4.79 Å². The van der Waals surface area contributed by atoms with E-state index in [4.69, 9.17) is 0 Å². The zero-order chi connectivity index (χ0) is 20.6. The van der Waals surface area contributed by atoms with Crippen molar-refractivity contribution in [1.29, 1.82) is 0 Å². The highest BCUT2D eigenvalue weighted by molar-refractivity contribution is 5.80. The standard InChI is InChI=1S/C22H31FN2O3/c1-22(2,3)18-12-13(6-7-19(18)23)14-10-17(11-14)25(4)20(26)15-8-16(9-15)24-21(27)28-5/h6-7,12,14-17H,8-11H2,1-5H3,(H,24,27). The third-order valence-corrected chi connectivity index (χ3v) is 6.27. The molecule has 6 heteroatoms. The molecular weight excluding hydrogens is 359 g/mol. The third kappa shape index (κ3) is 4.15. The lowest BCUT2D eigenvalue weighted by atomic mass is 9.72. The molecular formula is C22H31FN2O3. The van der Waals surface area contributed by atoms with Gasteiger partial charge in [-0.25, -0.2) is 9.18 Å². The van der Waals surface area contributed by atoms with Gasteiger partial charge in [0.15, 0.2) is 0 Å². The van der Waals surface area contributed by atoms with Crippen LogP contribution in [0.5, 0.6) is 0 Å². The summed E-state index contributed by atoms with van der Waals surface area (Å²) in [5.74, 6) is 0.349. The van der Waals surface area contributed by atoms with Crippen molar-refractivity contribution in [2.75, 3.05) is 14.2 Å². The third-order valence-electron chi connectivity index (χ3n) is 6.27. The second kappa shape index (κ2) is 7.72. The zero-order valence-electron chi connectivity index (χ0n) is 17.4. The van der Waals surface area contributed by atoms with E-state index in [-0.39, 0.29) is 35.1 Å². The summed E-state index contributed by atoms with van der Waals surface area (Å²) in [5.41, 5.74) is 1.68. The molecule has 2 fully saturated rings. The Morgan fingerprint density at radius 3 is 2.39 bits per heavy atom. The number of nitrogens with zero attached hydrogens (tertiary/aromatic N) is 1. The van der Waals surface area contributed by atoms with Gasteiger partial charge in [-0.05, 0) is 54.2 Å². The average Bonchev–Trinajstić information content (AvgIpc) is 2.55. The Morgan fingerprint density at radius 2 is 1.82 bits per heavy atom. The number of ether oxygens (including phenoxy) is 1. The maximum Gasteiger partial charge on any atom is 0.407 e. The summed E-state index contributed by atoms with van der Waals surface area (Å²) in [4.78, 5) is 25.7. The van der Waals surface area contributed by atoms with E-state index in [9.17, 15) is 14.0 Å². The molecule has 0 heterocycles. The monoisotopic (exact) mass is 390 g/mol. The molecule has 28 heavy (non-hydrogen) atoms. The Bertz CT molecular complexity index is 747. The second-order valence-corrected chi connectivity index (χ2v) is 9.26. The highest BCUT2D eigenvalue weighted by Crippen LogP contribution is 2.42. The van der Waals surface area contributed by atoms with Crippen LogP contribution in [0.2, 0.25) is 0 Å². The van der Waals surface area contributed by atoms with E-state index >= 15 is 0 Å². The van der Waals surface area contributed by atoms with E-state index in [2.05, 4.69) is 10.1 Å². The zero-order valence-corrected chi connectivity index (χ0v) is 17.4. The second-order valence-electron chi connectivity index (χ2n) is 9.26. The molecule has 1 aromatic carbocycles. The quantitative estimate of drug-likeness (QED) is 0.847. The van der Waals surface area contributed by atoms with Gasteiger partial charge >= 0.3 is 6.09 Å². The number of methoxy groups -OCH3 is 1. The van der Waals surface area contributed by atoms with Crippen LogP contribution in [0.25, 0.3) is 0 Å². The lowest BCUT2D eigenvalue weighted by Gasteiger charge is -2.45. The van der Waals surface area contributed by atoms with Crippen molar-refractivity contribution in [3.8, 4) is 0 Å². The number of carbonyl (C=O) groups is 2. The number of benzene rings is 1. The molecule has 2 aliphatic carbocycles. The molecule has 0 spiro atoms. The first kappa shape index (κ1) is 20.6. The molecule has 3 rings (SSSR count). The molecule has 0 aromatic heterocycles. The molecule has 0 aliphatic heterocycles. The summed E-state index contributed by atoms with van der Waals surface area (Å²) in [7, 11) is 3.21. The van der Waals surface area contributed by atoms with Crippen molar-refractivity contribution >= 4 is 12.0 Å². The summed E-state index contributed by atoms with van der Waals surface area (Å²) < 4.78 is 18.7. The molecule has 2 aliphatic rings. The van der Waals surface area contributed by atoms with Crippen LogP contribution < -0.4 is 5.32 Å².